The average Bonchev–Trinajstić information content (AvgIpc) is 0.918. The Hall–Kier alpha value is 3.15. The van der Waals surface area contributed by atoms with Crippen LogP contribution in [0.15, 0.2) is 0 Å². The van der Waals surface area contributed by atoms with Gasteiger partial charge in [0.25, 0.3) is 0 Å². The molecular formula is Cl2CsFe. The molecule has 0 aliphatic heterocycles. The van der Waals surface area contributed by atoms with Crippen LogP contribution >= 0.6 is 20.2 Å². The Bertz CT molecular complexity index is 6.00. The minimum absolute atomic E-state index is 0. The SMILES string of the molecule is [Cl][Fe][Cl].[Cs]. The number of hydrogen-bond acceptors (Lipinski definition) is 0. The van der Waals surface area contributed by atoms with Crippen LogP contribution in [0.1, 0.15) is 0 Å². The molecule has 23 valence electrons. The normalized spacial score (nSPS) is 5.50. The molecule has 0 aliphatic rings. The minimum Gasteiger partial charge on any atom is 0 e. The molecule has 0 saturated heterocycles. The first-order chi connectivity index (χ1) is 1.41. The topological polar surface area (TPSA) is 0 Å². The maximum absolute atomic E-state index is 4.76. The average molecular weight is 260 g/mol. The minimum atomic E-state index is 0. The molecule has 1 radical (unpaired) electrons. The van der Waals surface area contributed by atoms with E-state index < -0.39 is 0 Å². The summed E-state index contributed by atoms with van der Waals surface area (Å²) in [5, 5.41) is 0. The van der Waals surface area contributed by atoms with E-state index in [0.29, 0.717) is 0 Å². The van der Waals surface area contributed by atoms with Gasteiger partial charge in [0.1, 0.15) is 0 Å². The Labute approximate surface area is 99.0 Å². The van der Waals surface area contributed by atoms with Crippen molar-refractivity contribution in [1.29, 1.82) is 0 Å². The third kappa shape index (κ3) is 8.94. The molecule has 0 rings (SSSR count). The molecule has 0 aromatic carbocycles. The summed E-state index contributed by atoms with van der Waals surface area (Å²) in [5.74, 6) is 0. The van der Waals surface area contributed by atoms with Gasteiger partial charge in [0, 0.05) is 68.9 Å². The third-order valence-electron chi connectivity index (χ3n) is 0. The van der Waals surface area contributed by atoms with Crippen LogP contribution in [0.3, 0.4) is 0 Å². The second-order valence-electron chi connectivity index (χ2n) is 0.0505. The van der Waals surface area contributed by atoms with Gasteiger partial charge in [-0.3, -0.25) is 0 Å². The van der Waals surface area contributed by atoms with Crippen LogP contribution in [0.5, 0.6) is 0 Å². The van der Waals surface area contributed by atoms with E-state index in [4.69, 9.17) is 20.2 Å². The molecule has 0 atom stereocenters. The Balaban J connectivity index is 0. The van der Waals surface area contributed by atoms with E-state index >= 15 is 0 Å². The van der Waals surface area contributed by atoms with Gasteiger partial charge in [0.2, 0.25) is 0 Å². The van der Waals surface area contributed by atoms with Crippen LogP contribution in [0.25, 0.3) is 0 Å². The summed E-state index contributed by atoms with van der Waals surface area (Å²) in [5.41, 5.74) is 0. The molecule has 0 N–H and O–H groups in total. The molecule has 0 bridgehead atoms. The smallest absolute Gasteiger partial charge is 0 e. The summed E-state index contributed by atoms with van der Waals surface area (Å²) in [6.45, 7) is 0. The van der Waals surface area contributed by atoms with E-state index in [0.717, 1.165) is 0 Å². The third-order valence-corrected chi connectivity index (χ3v) is 0. The molecule has 0 saturated carbocycles. The first-order valence-electron chi connectivity index (χ1n) is 0.267. The van der Waals surface area contributed by atoms with Gasteiger partial charge in [-0.05, 0) is 0 Å². The fourth-order valence-corrected chi connectivity index (χ4v) is 0. The summed E-state index contributed by atoms with van der Waals surface area (Å²) in [6.07, 6.45) is 0. The van der Waals surface area contributed by atoms with E-state index in [2.05, 4.69) is 0 Å². The van der Waals surface area contributed by atoms with Crippen LogP contribution in [0.4, 0.5) is 0 Å². The van der Waals surface area contributed by atoms with E-state index in [9.17, 15) is 0 Å². The molecule has 0 fully saturated rings. The maximum Gasteiger partial charge on any atom is 0 e. The quantitative estimate of drug-likeness (QED) is 0.570. The van der Waals surface area contributed by atoms with E-state index in [1.807, 2.05) is 0 Å². The van der Waals surface area contributed by atoms with Crippen LogP contribution < -0.4 is 0 Å². The molecule has 0 nitrogen and oxygen atoms in total. The second-order valence-corrected chi connectivity index (χ2v) is 1.87. The van der Waals surface area contributed by atoms with Crippen molar-refractivity contribution in [2.45, 2.75) is 0 Å². The van der Waals surface area contributed by atoms with Crippen molar-refractivity contribution in [3.8, 4) is 0 Å². The molecule has 0 heterocycles. The van der Waals surface area contributed by atoms with Crippen LogP contribution in [-0.2, 0) is 13.1 Å². The molecule has 4 heavy (non-hydrogen) atoms. The van der Waals surface area contributed by atoms with Gasteiger partial charge in [0.15, 0.2) is 0 Å². The Morgan fingerprint density at radius 3 is 1.25 bits per heavy atom. The first kappa shape index (κ1) is 10.2. The predicted octanol–water partition coefficient (Wildman–Crippen LogP) is 0.996. The summed E-state index contributed by atoms with van der Waals surface area (Å²) in [4.78, 5) is 0. The molecule has 0 unspecified atom stereocenters. The fraction of sp³-hybridized carbons (Fsp3) is 0. The predicted molar refractivity (Wildman–Crippen MR) is 17.5 cm³/mol. The zero-order chi connectivity index (χ0) is 2.71. The van der Waals surface area contributed by atoms with Crippen molar-refractivity contribution < 1.29 is 13.1 Å². The zero-order valence-electron chi connectivity index (χ0n) is 2.11. The Kier molecular flexibility index (Phi) is 24.1. The summed E-state index contributed by atoms with van der Waals surface area (Å²) >= 11 is 0.194. The number of rotatable bonds is 0. The van der Waals surface area contributed by atoms with Crippen molar-refractivity contribution in [3.05, 3.63) is 0 Å². The van der Waals surface area contributed by atoms with Crippen molar-refractivity contribution >= 4 is 89.1 Å². The van der Waals surface area contributed by atoms with Crippen molar-refractivity contribution in [1.82, 2.24) is 0 Å². The Morgan fingerprint density at radius 1 is 1.25 bits per heavy atom. The van der Waals surface area contributed by atoms with Gasteiger partial charge in [0.05, 0.1) is 0 Å². The molecule has 4 heteroatoms. The summed E-state index contributed by atoms with van der Waals surface area (Å²) in [6, 6.07) is 0. The first-order valence-corrected chi connectivity index (χ1v) is 3.31. The van der Waals surface area contributed by atoms with Crippen LogP contribution in [-0.4, -0.2) is 68.9 Å². The monoisotopic (exact) mass is 259 g/mol. The van der Waals surface area contributed by atoms with Crippen molar-refractivity contribution in [3.63, 3.8) is 0 Å². The largest absolute Gasteiger partial charge is 0 e. The van der Waals surface area contributed by atoms with Crippen molar-refractivity contribution in [2.24, 2.45) is 0 Å². The van der Waals surface area contributed by atoms with Gasteiger partial charge < -0.3 is 0 Å². The van der Waals surface area contributed by atoms with Crippen molar-refractivity contribution in [2.75, 3.05) is 0 Å². The number of hydrogen-bond donors (Lipinski definition) is 0. The molecule has 0 aromatic rings. The molecular weight excluding hydrogens is 260 g/mol. The van der Waals surface area contributed by atoms with E-state index in [1.165, 1.54) is 0 Å². The van der Waals surface area contributed by atoms with E-state index in [-0.39, 0.29) is 82.0 Å². The zero-order valence-corrected chi connectivity index (χ0v) is 11.0. The van der Waals surface area contributed by atoms with Gasteiger partial charge in [-0.15, -0.1) is 0 Å². The van der Waals surface area contributed by atoms with Gasteiger partial charge in [-0.1, -0.05) is 0 Å². The maximum atomic E-state index is 4.76. The Morgan fingerprint density at radius 2 is 1.25 bits per heavy atom. The van der Waals surface area contributed by atoms with Crippen LogP contribution in [0, 0.1) is 0 Å². The summed E-state index contributed by atoms with van der Waals surface area (Å²) in [7, 11) is 9.53. The molecule has 0 aliphatic carbocycles. The molecule has 0 aromatic heterocycles. The molecule has 0 amide bonds. The fourth-order valence-electron chi connectivity index (χ4n) is 0. The van der Waals surface area contributed by atoms with Gasteiger partial charge >= 0.3 is 33.3 Å². The second kappa shape index (κ2) is 9.47. The van der Waals surface area contributed by atoms with Crippen LogP contribution in [0.2, 0.25) is 0 Å². The summed E-state index contributed by atoms with van der Waals surface area (Å²) < 4.78 is 0. The van der Waals surface area contributed by atoms with E-state index in [1.54, 1.807) is 0 Å². The van der Waals surface area contributed by atoms with Gasteiger partial charge in [-0.25, -0.2) is 0 Å². The standard InChI is InChI=1S/2ClH.Cs.Fe/h2*1H;;/q;;;+2/p-2. The number of halogens is 2. The molecule has 0 spiro atoms. The van der Waals surface area contributed by atoms with Gasteiger partial charge in [-0.2, -0.15) is 0 Å².